The van der Waals surface area contributed by atoms with E-state index in [-0.39, 0.29) is 18.2 Å². The van der Waals surface area contributed by atoms with E-state index in [9.17, 15) is 14.4 Å². The summed E-state index contributed by atoms with van der Waals surface area (Å²) in [6.07, 6.45) is 2.23. The lowest BCUT2D eigenvalue weighted by Crippen LogP contribution is -2.52. The molecule has 1 fully saturated rings. The fourth-order valence-electron chi connectivity index (χ4n) is 4.88. The van der Waals surface area contributed by atoms with Crippen LogP contribution >= 0.6 is 0 Å². The standard InChI is InChI=1S/C28H29N3O5/c1-18-15-19(20-7-2-3-9-23(20)29-18)17-35-13-4-5-14-36-25-10-6-8-21-22(25)16-31(28(21)34)24-11-12-26(32)30-27(24)33/h2-3,6-10,15,24H,4-5,11-14,16-17H2,1H3,(H,30,32,33). The van der Waals surface area contributed by atoms with Gasteiger partial charge in [-0.15, -0.1) is 0 Å². The number of ether oxygens (including phenoxy) is 2. The predicted molar refractivity (Wildman–Crippen MR) is 133 cm³/mol. The second-order valence-corrected chi connectivity index (χ2v) is 9.23. The van der Waals surface area contributed by atoms with Gasteiger partial charge in [-0.05, 0) is 56.0 Å². The molecule has 0 bridgehead atoms. The summed E-state index contributed by atoms with van der Waals surface area (Å²) >= 11 is 0. The molecule has 3 aromatic rings. The van der Waals surface area contributed by atoms with Crippen molar-refractivity contribution in [1.29, 1.82) is 0 Å². The zero-order valence-electron chi connectivity index (χ0n) is 20.3. The van der Waals surface area contributed by atoms with Gasteiger partial charge in [0.25, 0.3) is 5.91 Å². The highest BCUT2D eigenvalue weighted by Gasteiger charge is 2.40. The maximum absolute atomic E-state index is 12.9. The number of pyridine rings is 1. The fraction of sp³-hybridized carbons (Fsp3) is 0.357. The Hall–Kier alpha value is -3.78. The van der Waals surface area contributed by atoms with Crippen molar-refractivity contribution in [3.63, 3.8) is 0 Å². The number of carbonyl (C=O) groups is 3. The molecule has 0 radical (unpaired) electrons. The Morgan fingerprint density at radius 2 is 1.89 bits per heavy atom. The molecule has 1 saturated heterocycles. The van der Waals surface area contributed by atoms with E-state index in [4.69, 9.17) is 9.47 Å². The van der Waals surface area contributed by atoms with E-state index in [1.54, 1.807) is 12.1 Å². The van der Waals surface area contributed by atoms with Crippen molar-refractivity contribution in [2.45, 2.75) is 51.8 Å². The number of fused-ring (bicyclic) bond motifs is 2. The zero-order valence-corrected chi connectivity index (χ0v) is 20.3. The van der Waals surface area contributed by atoms with Gasteiger partial charge in [0.05, 0.1) is 25.3 Å². The first kappa shape index (κ1) is 23.9. The van der Waals surface area contributed by atoms with E-state index < -0.39 is 11.9 Å². The summed E-state index contributed by atoms with van der Waals surface area (Å²) in [7, 11) is 0. The Morgan fingerprint density at radius 3 is 2.75 bits per heavy atom. The third-order valence-corrected chi connectivity index (χ3v) is 6.67. The van der Waals surface area contributed by atoms with Crippen LogP contribution in [0.15, 0.2) is 48.5 Å². The Bertz CT molecular complexity index is 1320. The Balaban J connectivity index is 1.10. The first-order valence-electron chi connectivity index (χ1n) is 12.3. The Labute approximate surface area is 209 Å². The molecule has 3 amide bonds. The number of para-hydroxylation sites is 1. The number of aromatic nitrogens is 1. The Morgan fingerprint density at radius 1 is 1.06 bits per heavy atom. The van der Waals surface area contributed by atoms with Crippen LogP contribution in [0.25, 0.3) is 10.9 Å². The number of aryl methyl sites for hydroxylation is 1. The largest absolute Gasteiger partial charge is 0.493 e. The first-order chi connectivity index (χ1) is 17.5. The molecule has 5 rings (SSSR count). The number of carbonyl (C=O) groups excluding carboxylic acids is 3. The van der Waals surface area contributed by atoms with Crippen molar-refractivity contribution in [3.05, 3.63) is 70.9 Å². The summed E-state index contributed by atoms with van der Waals surface area (Å²) < 4.78 is 11.9. The van der Waals surface area contributed by atoms with Gasteiger partial charge in [0, 0.05) is 35.2 Å². The average Bonchev–Trinajstić information content (AvgIpc) is 3.20. The Kier molecular flexibility index (Phi) is 6.95. The number of nitrogens with one attached hydrogen (secondary N) is 1. The minimum absolute atomic E-state index is 0.197. The predicted octanol–water partition coefficient (Wildman–Crippen LogP) is 3.68. The van der Waals surface area contributed by atoms with E-state index in [2.05, 4.69) is 22.4 Å². The SMILES string of the molecule is Cc1cc(COCCCCOc2cccc3c2CN(C2CCC(=O)NC2=O)C3=O)c2ccccc2n1. The van der Waals surface area contributed by atoms with Crippen molar-refractivity contribution in [2.75, 3.05) is 13.2 Å². The number of piperidine rings is 1. The lowest BCUT2D eigenvalue weighted by molar-refractivity contribution is -0.136. The number of hydrogen-bond donors (Lipinski definition) is 1. The summed E-state index contributed by atoms with van der Waals surface area (Å²) in [4.78, 5) is 42.8. The summed E-state index contributed by atoms with van der Waals surface area (Å²) in [5, 5.41) is 3.45. The second kappa shape index (κ2) is 10.5. The molecule has 1 aromatic heterocycles. The van der Waals surface area contributed by atoms with Gasteiger partial charge in [0.2, 0.25) is 11.8 Å². The molecular formula is C28H29N3O5. The number of hydrogen-bond acceptors (Lipinski definition) is 6. The zero-order chi connectivity index (χ0) is 25.1. The van der Waals surface area contributed by atoms with Gasteiger partial charge in [-0.25, -0.2) is 0 Å². The normalized spacial score (nSPS) is 17.4. The van der Waals surface area contributed by atoms with Gasteiger partial charge >= 0.3 is 0 Å². The summed E-state index contributed by atoms with van der Waals surface area (Å²) in [5.41, 5.74) is 4.45. The second-order valence-electron chi connectivity index (χ2n) is 9.23. The number of rotatable bonds is 9. The van der Waals surface area contributed by atoms with Crippen molar-refractivity contribution < 1.29 is 23.9 Å². The van der Waals surface area contributed by atoms with Crippen molar-refractivity contribution in [1.82, 2.24) is 15.2 Å². The van der Waals surface area contributed by atoms with Crippen LogP contribution in [0.2, 0.25) is 0 Å². The lowest BCUT2D eigenvalue weighted by atomic mass is 10.0. The van der Waals surface area contributed by atoms with E-state index in [1.165, 1.54) is 4.90 Å². The molecule has 0 spiro atoms. The van der Waals surface area contributed by atoms with E-state index >= 15 is 0 Å². The summed E-state index contributed by atoms with van der Waals surface area (Å²) in [6, 6.07) is 14.9. The molecule has 1 unspecified atom stereocenters. The highest BCUT2D eigenvalue weighted by Crippen LogP contribution is 2.33. The van der Waals surface area contributed by atoms with Gasteiger partial charge < -0.3 is 14.4 Å². The van der Waals surface area contributed by atoms with E-state index in [0.29, 0.717) is 44.1 Å². The molecule has 2 aliphatic heterocycles. The van der Waals surface area contributed by atoms with Crippen LogP contribution in [0.1, 0.15) is 52.9 Å². The van der Waals surface area contributed by atoms with Gasteiger partial charge in [-0.1, -0.05) is 24.3 Å². The highest BCUT2D eigenvalue weighted by atomic mass is 16.5. The molecule has 0 saturated carbocycles. The van der Waals surface area contributed by atoms with Gasteiger partial charge in [0.1, 0.15) is 11.8 Å². The third-order valence-electron chi connectivity index (χ3n) is 6.67. The number of imide groups is 1. The van der Waals surface area contributed by atoms with E-state index in [0.717, 1.165) is 40.6 Å². The molecular weight excluding hydrogens is 458 g/mol. The number of amides is 3. The first-order valence-corrected chi connectivity index (χ1v) is 12.3. The lowest BCUT2D eigenvalue weighted by Gasteiger charge is -2.29. The third kappa shape index (κ3) is 4.95. The average molecular weight is 488 g/mol. The molecule has 186 valence electrons. The molecule has 1 N–H and O–H groups in total. The highest BCUT2D eigenvalue weighted by molar-refractivity contribution is 6.05. The minimum atomic E-state index is -0.631. The van der Waals surface area contributed by atoms with Crippen LogP contribution in [0.5, 0.6) is 5.75 Å². The quantitative estimate of drug-likeness (QED) is 0.365. The molecule has 2 aromatic carbocycles. The monoisotopic (exact) mass is 487 g/mol. The van der Waals surface area contributed by atoms with Crippen LogP contribution in [-0.4, -0.2) is 46.9 Å². The van der Waals surface area contributed by atoms with E-state index in [1.807, 2.05) is 31.2 Å². The maximum atomic E-state index is 12.9. The molecule has 0 aliphatic carbocycles. The van der Waals surface area contributed by atoms with Crippen LogP contribution in [0, 0.1) is 6.92 Å². The smallest absolute Gasteiger partial charge is 0.255 e. The maximum Gasteiger partial charge on any atom is 0.255 e. The molecule has 1 atom stereocenters. The van der Waals surface area contributed by atoms with Crippen LogP contribution in [0.3, 0.4) is 0 Å². The number of nitrogens with zero attached hydrogens (tertiary/aromatic N) is 2. The number of benzene rings is 2. The fourth-order valence-corrected chi connectivity index (χ4v) is 4.88. The minimum Gasteiger partial charge on any atom is -0.493 e. The van der Waals surface area contributed by atoms with Crippen LogP contribution < -0.4 is 10.1 Å². The van der Waals surface area contributed by atoms with Crippen LogP contribution in [-0.2, 0) is 27.5 Å². The van der Waals surface area contributed by atoms with Crippen molar-refractivity contribution >= 4 is 28.6 Å². The molecule has 3 heterocycles. The topological polar surface area (TPSA) is 97.8 Å². The molecule has 2 aliphatic rings. The van der Waals surface area contributed by atoms with Crippen molar-refractivity contribution in [2.24, 2.45) is 0 Å². The van der Waals surface area contributed by atoms with Crippen LogP contribution in [0.4, 0.5) is 0 Å². The molecule has 8 heteroatoms. The summed E-state index contributed by atoms with van der Waals surface area (Å²) in [6.45, 7) is 3.96. The van der Waals surface area contributed by atoms with Crippen molar-refractivity contribution in [3.8, 4) is 5.75 Å². The van der Waals surface area contributed by atoms with Gasteiger partial charge in [-0.3, -0.25) is 24.7 Å². The van der Waals surface area contributed by atoms with Gasteiger partial charge in [-0.2, -0.15) is 0 Å². The number of unbranched alkanes of at least 4 members (excludes halogenated alkanes) is 1. The van der Waals surface area contributed by atoms with Gasteiger partial charge in [0.15, 0.2) is 0 Å². The molecule has 36 heavy (non-hydrogen) atoms. The molecule has 8 nitrogen and oxygen atoms in total. The summed E-state index contributed by atoms with van der Waals surface area (Å²) in [5.74, 6) is -0.241.